The van der Waals surface area contributed by atoms with E-state index in [1.807, 2.05) is 18.2 Å². The first-order valence-corrected chi connectivity index (χ1v) is 12.2. The maximum atomic E-state index is 12.7. The Balaban J connectivity index is 1.61. The molecule has 3 aromatic rings. The molecule has 3 aromatic carbocycles. The van der Waals surface area contributed by atoms with Crippen LogP contribution in [-0.2, 0) is 14.8 Å². The zero-order chi connectivity index (χ0) is 24.7. The van der Waals surface area contributed by atoms with Gasteiger partial charge >= 0.3 is 0 Å². The summed E-state index contributed by atoms with van der Waals surface area (Å²) in [6, 6.07) is 21.8. The lowest BCUT2D eigenvalue weighted by atomic mass is 10.1. The highest BCUT2D eigenvalue weighted by molar-refractivity contribution is 7.89. The number of para-hydroxylation sites is 2. The third-order valence-corrected chi connectivity index (χ3v) is 7.24. The molecular formula is C25H28N4O4S. The van der Waals surface area contributed by atoms with E-state index in [4.69, 9.17) is 0 Å². The van der Waals surface area contributed by atoms with E-state index in [-0.39, 0.29) is 29.3 Å². The molecule has 0 saturated heterocycles. The van der Waals surface area contributed by atoms with Crippen LogP contribution in [0.25, 0.3) is 0 Å². The molecule has 3 N–H and O–H groups in total. The Morgan fingerprint density at radius 3 is 2.09 bits per heavy atom. The molecule has 0 atom stereocenters. The predicted octanol–water partition coefficient (Wildman–Crippen LogP) is 4.02. The highest BCUT2D eigenvalue weighted by Crippen LogP contribution is 2.20. The van der Waals surface area contributed by atoms with Gasteiger partial charge in [-0.15, -0.1) is 0 Å². The number of carbonyl (C=O) groups is 2. The van der Waals surface area contributed by atoms with Crippen LogP contribution in [0.3, 0.4) is 0 Å². The summed E-state index contributed by atoms with van der Waals surface area (Å²) >= 11 is 0. The van der Waals surface area contributed by atoms with Crippen LogP contribution in [0.4, 0.5) is 17.1 Å². The maximum Gasteiger partial charge on any atom is 0.257 e. The first-order valence-electron chi connectivity index (χ1n) is 10.8. The van der Waals surface area contributed by atoms with Gasteiger partial charge in [-0.1, -0.05) is 30.3 Å². The summed E-state index contributed by atoms with van der Waals surface area (Å²) in [5, 5.41) is 8.51. The van der Waals surface area contributed by atoms with Crippen LogP contribution in [0.5, 0.6) is 0 Å². The molecule has 0 radical (unpaired) electrons. The van der Waals surface area contributed by atoms with Crippen molar-refractivity contribution in [2.24, 2.45) is 0 Å². The summed E-state index contributed by atoms with van der Waals surface area (Å²) in [5.74, 6) is -0.686. The van der Waals surface area contributed by atoms with Crippen molar-refractivity contribution in [3.8, 4) is 0 Å². The first-order chi connectivity index (χ1) is 16.2. The lowest BCUT2D eigenvalue weighted by Crippen LogP contribution is -2.33. The number of amides is 2. The smallest absolute Gasteiger partial charge is 0.257 e. The molecule has 0 unspecified atom stereocenters. The third kappa shape index (κ3) is 6.21. The Hall–Kier alpha value is -3.69. The average molecular weight is 481 g/mol. The van der Waals surface area contributed by atoms with E-state index in [1.165, 1.54) is 23.5 Å². The minimum absolute atomic E-state index is 0.0629. The largest absolute Gasteiger partial charge is 0.376 e. The Kier molecular flexibility index (Phi) is 8.04. The molecule has 0 aromatic heterocycles. The van der Waals surface area contributed by atoms with Gasteiger partial charge in [-0.2, -0.15) is 4.31 Å². The quantitative estimate of drug-likeness (QED) is 0.429. The average Bonchev–Trinajstić information content (AvgIpc) is 2.83. The predicted molar refractivity (Wildman–Crippen MR) is 134 cm³/mol. The van der Waals surface area contributed by atoms with Gasteiger partial charge < -0.3 is 16.0 Å². The molecule has 0 heterocycles. The van der Waals surface area contributed by atoms with Crippen molar-refractivity contribution in [1.82, 2.24) is 4.31 Å². The van der Waals surface area contributed by atoms with Gasteiger partial charge in [0.25, 0.3) is 5.91 Å². The van der Waals surface area contributed by atoms with Crippen LogP contribution in [0.15, 0.2) is 83.8 Å². The molecule has 34 heavy (non-hydrogen) atoms. The molecule has 9 heteroatoms. The van der Waals surface area contributed by atoms with Gasteiger partial charge in [0.1, 0.15) is 0 Å². The van der Waals surface area contributed by atoms with E-state index < -0.39 is 10.0 Å². The number of hydrogen-bond donors (Lipinski definition) is 3. The Morgan fingerprint density at radius 2 is 1.44 bits per heavy atom. The summed E-state index contributed by atoms with van der Waals surface area (Å²) in [7, 11) is -2.04. The van der Waals surface area contributed by atoms with E-state index in [2.05, 4.69) is 16.0 Å². The highest BCUT2D eigenvalue weighted by Gasteiger charge is 2.22. The fourth-order valence-electron chi connectivity index (χ4n) is 3.08. The Bertz CT molecular complexity index is 1240. The second kappa shape index (κ2) is 11.0. The maximum absolute atomic E-state index is 12.7. The van der Waals surface area contributed by atoms with Crippen LogP contribution < -0.4 is 16.0 Å². The molecule has 0 aliphatic rings. The monoisotopic (exact) mass is 480 g/mol. The van der Waals surface area contributed by atoms with E-state index in [9.17, 15) is 18.0 Å². The minimum atomic E-state index is -3.57. The normalized spacial score (nSPS) is 11.3. The fraction of sp³-hybridized carbons (Fsp3) is 0.200. The van der Waals surface area contributed by atoms with Gasteiger partial charge in [0.2, 0.25) is 15.9 Å². The number of nitrogens with zero attached hydrogens (tertiary/aromatic N) is 1. The second-order valence-electron chi connectivity index (χ2n) is 7.91. The molecule has 0 fully saturated rings. The standard InChI is InChI=1S/C25H28N4O4S/c1-18(2)29(3)34(32,33)21-15-13-19(14-16-21)26-17-24(30)28-23-12-8-7-11-22(23)25(31)27-20-9-5-4-6-10-20/h4-16,18,26H,17H2,1-3H3,(H,27,31)(H,28,30). The fourth-order valence-corrected chi connectivity index (χ4v) is 4.44. The SMILES string of the molecule is CC(C)N(C)S(=O)(=O)c1ccc(NCC(=O)Nc2ccccc2C(=O)Nc2ccccc2)cc1. The number of rotatable bonds is 9. The molecule has 0 spiro atoms. The summed E-state index contributed by atoms with van der Waals surface area (Å²) < 4.78 is 26.4. The molecule has 178 valence electrons. The minimum Gasteiger partial charge on any atom is -0.376 e. The molecule has 8 nitrogen and oxygen atoms in total. The van der Waals surface area contributed by atoms with Gasteiger partial charge in [-0.25, -0.2) is 8.42 Å². The number of hydrogen-bond acceptors (Lipinski definition) is 5. The van der Waals surface area contributed by atoms with Crippen molar-refractivity contribution >= 4 is 38.9 Å². The number of nitrogens with one attached hydrogen (secondary N) is 3. The van der Waals surface area contributed by atoms with Crippen molar-refractivity contribution in [3.05, 3.63) is 84.4 Å². The van der Waals surface area contributed by atoms with Crippen LogP contribution in [0, 0.1) is 0 Å². The molecule has 0 bridgehead atoms. The van der Waals surface area contributed by atoms with Crippen molar-refractivity contribution in [2.45, 2.75) is 24.8 Å². The van der Waals surface area contributed by atoms with E-state index in [0.717, 1.165) is 0 Å². The summed E-state index contributed by atoms with van der Waals surface area (Å²) in [6.45, 7) is 3.54. The molecule has 0 aliphatic carbocycles. The molecule has 0 saturated carbocycles. The van der Waals surface area contributed by atoms with Crippen molar-refractivity contribution in [2.75, 3.05) is 29.5 Å². The van der Waals surface area contributed by atoms with Crippen molar-refractivity contribution in [3.63, 3.8) is 0 Å². The number of benzene rings is 3. The van der Waals surface area contributed by atoms with Gasteiger partial charge in [-0.05, 0) is 62.4 Å². The summed E-state index contributed by atoms with van der Waals surface area (Å²) in [5.41, 5.74) is 1.97. The summed E-state index contributed by atoms with van der Waals surface area (Å²) in [4.78, 5) is 25.3. The van der Waals surface area contributed by atoms with E-state index in [1.54, 1.807) is 62.4 Å². The topological polar surface area (TPSA) is 108 Å². The lowest BCUT2D eigenvalue weighted by Gasteiger charge is -2.21. The zero-order valence-electron chi connectivity index (χ0n) is 19.3. The number of carbonyl (C=O) groups excluding carboxylic acids is 2. The van der Waals surface area contributed by atoms with Gasteiger partial charge in [-0.3, -0.25) is 9.59 Å². The lowest BCUT2D eigenvalue weighted by molar-refractivity contribution is -0.114. The highest BCUT2D eigenvalue weighted by atomic mass is 32.2. The molecular weight excluding hydrogens is 452 g/mol. The zero-order valence-corrected chi connectivity index (χ0v) is 20.1. The third-order valence-electron chi connectivity index (χ3n) is 5.19. The van der Waals surface area contributed by atoms with E-state index >= 15 is 0 Å². The van der Waals surface area contributed by atoms with E-state index in [0.29, 0.717) is 22.6 Å². The molecule has 0 aliphatic heterocycles. The van der Waals surface area contributed by atoms with Gasteiger partial charge in [0.15, 0.2) is 0 Å². The van der Waals surface area contributed by atoms with Gasteiger partial charge in [0.05, 0.1) is 22.7 Å². The van der Waals surface area contributed by atoms with Crippen LogP contribution in [0.1, 0.15) is 24.2 Å². The number of anilines is 3. The van der Waals surface area contributed by atoms with Crippen LogP contribution in [-0.4, -0.2) is 44.2 Å². The second-order valence-corrected chi connectivity index (χ2v) is 9.90. The molecule has 3 rings (SSSR count). The summed E-state index contributed by atoms with van der Waals surface area (Å²) in [6.07, 6.45) is 0. The number of sulfonamides is 1. The van der Waals surface area contributed by atoms with Crippen molar-refractivity contribution in [1.29, 1.82) is 0 Å². The van der Waals surface area contributed by atoms with Gasteiger partial charge in [0, 0.05) is 24.5 Å². The first kappa shape index (κ1) is 24.9. The Labute approximate surface area is 200 Å². The van der Waals surface area contributed by atoms with Crippen molar-refractivity contribution < 1.29 is 18.0 Å². The van der Waals surface area contributed by atoms with Crippen LogP contribution >= 0.6 is 0 Å². The van der Waals surface area contributed by atoms with Crippen LogP contribution in [0.2, 0.25) is 0 Å². The molecule has 2 amide bonds. The Morgan fingerprint density at radius 1 is 0.824 bits per heavy atom.